The fourth-order valence-electron chi connectivity index (χ4n) is 3.64. The Kier molecular flexibility index (Phi) is 5.14. The molecular weight excluding hydrogens is 352 g/mol. The highest BCUT2D eigenvalue weighted by Gasteiger charge is 2.59. The van der Waals surface area contributed by atoms with E-state index in [0.29, 0.717) is 17.0 Å². The zero-order chi connectivity index (χ0) is 18.7. The van der Waals surface area contributed by atoms with Crippen LogP contribution in [0.5, 0.6) is 0 Å². The average Bonchev–Trinajstić information content (AvgIpc) is 2.99. The second kappa shape index (κ2) is 7.34. The Morgan fingerprint density at radius 2 is 1.73 bits per heavy atom. The van der Waals surface area contributed by atoms with Gasteiger partial charge in [0.2, 0.25) is 0 Å². The third kappa shape index (κ3) is 2.90. The first-order valence-corrected chi connectivity index (χ1v) is 8.60. The van der Waals surface area contributed by atoms with Crippen LogP contribution >= 0.6 is 11.6 Å². The van der Waals surface area contributed by atoms with Gasteiger partial charge in [-0.15, -0.1) is 0 Å². The molecule has 3 rings (SSSR count). The fraction of sp³-hybridized carbons (Fsp3) is 0.238. The summed E-state index contributed by atoms with van der Waals surface area (Å²) in [5, 5.41) is 0.556. The van der Waals surface area contributed by atoms with Gasteiger partial charge in [-0.3, -0.25) is 9.59 Å². The molecule has 0 aromatic heterocycles. The van der Waals surface area contributed by atoms with Gasteiger partial charge in [0.15, 0.2) is 5.41 Å². The first-order valence-electron chi connectivity index (χ1n) is 8.23. The molecule has 0 unspecified atom stereocenters. The first-order chi connectivity index (χ1) is 12.5. The number of hydrogen-bond donors (Lipinski definition) is 0. The number of esters is 2. The van der Waals surface area contributed by atoms with Gasteiger partial charge in [0.1, 0.15) is 0 Å². The van der Waals surface area contributed by atoms with E-state index in [0.717, 1.165) is 11.1 Å². The lowest BCUT2D eigenvalue weighted by molar-refractivity contribution is -0.163. The first kappa shape index (κ1) is 18.2. The van der Waals surface area contributed by atoms with Crippen molar-refractivity contribution in [1.29, 1.82) is 0 Å². The van der Waals surface area contributed by atoms with Crippen LogP contribution in [0.2, 0.25) is 5.02 Å². The van der Waals surface area contributed by atoms with Crippen LogP contribution in [0, 0.1) is 5.92 Å². The summed E-state index contributed by atoms with van der Waals surface area (Å²) in [7, 11) is 2.55. The van der Waals surface area contributed by atoms with Gasteiger partial charge < -0.3 is 9.47 Å². The molecular formula is C21H19ClO4. The molecule has 0 saturated heterocycles. The molecule has 0 saturated carbocycles. The fourth-order valence-corrected chi connectivity index (χ4v) is 3.83. The number of ether oxygens (including phenoxy) is 2. The molecule has 1 atom stereocenters. The highest BCUT2D eigenvalue weighted by atomic mass is 35.5. The minimum atomic E-state index is -1.53. The summed E-state index contributed by atoms with van der Waals surface area (Å²) < 4.78 is 10.0. The topological polar surface area (TPSA) is 52.6 Å². The monoisotopic (exact) mass is 370 g/mol. The normalized spacial score (nSPS) is 17.7. The molecule has 0 N–H and O–H groups in total. The van der Waals surface area contributed by atoms with Gasteiger partial charge in [0.05, 0.1) is 14.2 Å². The minimum Gasteiger partial charge on any atom is -0.468 e. The zero-order valence-corrected chi connectivity index (χ0v) is 15.3. The molecule has 26 heavy (non-hydrogen) atoms. The Labute approximate surface area is 157 Å². The van der Waals surface area contributed by atoms with Gasteiger partial charge >= 0.3 is 11.9 Å². The van der Waals surface area contributed by atoms with E-state index < -0.39 is 23.3 Å². The summed E-state index contributed by atoms with van der Waals surface area (Å²) in [6.07, 6.45) is 4.26. The van der Waals surface area contributed by atoms with E-state index in [-0.39, 0.29) is 0 Å². The van der Waals surface area contributed by atoms with Gasteiger partial charge in [-0.2, -0.15) is 0 Å². The van der Waals surface area contributed by atoms with Crippen LogP contribution in [-0.2, 0) is 30.9 Å². The molecule has 5 heteroatoms. The summed E-state index contributed by atoms with van der Waals surface area (Å²) in [4.78, 5) is 25.6. The molecule has 0 aliphatic heterocycles. The second-order valence-electron chi connectivity index (χ2n) is 6.17. The van der Waals surface area contributed by atoms with Crippen molar-refractivity contribution in [2.75, 3.05) is 14.2 Å². The number of carbonyl (C=O) groups is 2. The van der Waals surface area contributed by atoms with E-state index in [4.69, 9.17) is 21.1 Å². The Morgan fingerprint density at radius 1 is 1.08 bits per heavy atom. The third-order valence-electron chi connectivity index (χ3n) is 4.82. The Hall–Kier alpha value is -2.59. The number of hydrogen-bond acceptors (Lipinski definition) is 4. The average molecular weight is 371 g/mol. The number of rotatable bonds is 4. The molecule has 0 fully saturated rings. The highest BCUT2D eigenvalue weighted by Crippen LogP contribution is 2.47. The number of methoxy groups -OCH3 is 2. The quantitative estimate of drug-likeness (QED) is 0.606. The Morgan fingerprint density at radius 3 is 2.35 bits per heavy atom. The lowest BCUT2D eigenvalue weighted by Crippen LogP contribution is -2.48. The van der Waals surface area contributed by atoms with E-state index in [9.17, 15) is 9.59 Å². The van der Waals surface area contributed by atoms with Crippen molar-refractivity contribution < 1.29 is 19.1 Å². The van der Waals surface area contributed by atoms with E-state index in [2.05, 4.69) is 0 Å². The Bertz CT molecular complexity index is 842. The van der Waals surface area contributed by atoms with Crippen molar-refractivity contribution in [3.8, 4) is 0 Å². The summed E-state index contributed by atoms with van der Waals surface area (Å²) >= 11 is 6.11. The number of allylic oxidation sites excluding steroid dienone is 1. The van der Waals surface area contributed by atoms with Crippen molar-refractivity contribution >= 4 is 29.6 Å². The molecule has 0 bridgehead atoms. The molecule has 0 radical (unpaired) electrons. The van der Waals surface area contributed by atoms with E-state index in [1.165, 1.54) is 14.2 Å². The maximum atomic E-state index is 12.8. The van der Waals surface area contributed by atoms with Crippen molar-refractivity contribution in [3.05, 3.63) is 76.3 Å². The van der Waals surface area contributed by atoms with Crippen LogP contribution < -0.4 is 0 Å². The molecule has 1 aliphatic rings. The maximum Gasteiger partial charge on any atom is 0.328 e. The summed E-state index contributed by atoms with van der Waals surface area (Å²) in [5.74, 6) is -1.70. The lowest BCUT2D eigenvalue weighted by Gasteiger charge is -2.29. The van der Waals surface area contributed by atoms with E-state index in [1.54, 1.807) is 18.2 Å². The van der Waals surface area contributed by atoms with Gasteiger partial charge in [-0.25, -0.2) is 0 Å². The van der Waals surface area contributed by atoms with Gasteiger partial charge in [-0.1, -0.05) is 60.2 Å². The smallest absolute Gasteiger partial charge is 0.328 e. The minimum absolute atomic E-state index is 0.434. The molecule has 0 spiro atoms. The predicted octanol–water partition coefficient (Wildman–Crippen LogP) is 3.81. The highest BCUT2D eigenvalue weighted by molar-refractivity contribution is 6.30. The molecule has 2 aromatic carbocycles. The van der Waals surface area contributed by atoms with Crippen molar-refractivity contribution in [3.63, 3.8) is 0 Å². The van der Waals surface area contributed by atoms with E-state index in [1.807, 2.05) is 42.5 Å². The zero-order valence-electron chi connectivity index (χ0n) is 14.6. The number of carbonyl (C=O) groups excluding carboxylic acids is 2. The summed E-state index contributed by atoms with van der Waals surface area (Å²) in [6.45, 7) is 0. The van der Waals surface area contributed by atoms with Crippen LogP contribution in [0.4, 0.5) is 0 Å². The largest absolute Gasteiger partial charge is 0.468 e. The molecule has 0 amide bonds. The Balaban J connectivity index is 2.14. The van der Waals surface area contributed by atoms with Gasteiger partial charge in [0, 0.05) is 10.9 Å². The summed E-state index contributed by atoms with van der Waals surface area (Å²) in [5.41, 5.74) is 0.874. The maximum absolute atomic E-state index is 12.8. The van der Waals surface area contributed by atoms with Crippen LogP contribution in [0.3, 0.4) is 0 Å². The van der Waals surface area contributed by atoms with Crippen LogP contribution in [0.15, 0.2) is 54.6 Å². The SMILES string of the molecule is COC(=O)C1(C(=O)OC)c2ccc(Cl)cc2C[C@H]1/C=C/c1ccccc1. The third-order valence-corrected chi connectivity index (χ3v) is 5.06. The van der Waals surface area contributed by atoms with Crippen LogP contribution in [0.1, 0.15) is 16.7 Å². The number of fused-ring (bicyclic) bond motifs is 1. The molecule has 4 nitrogen and oxygen atoms in total. The van der Waals surface area contributed by atoms with Crippen LogP contribution in [-0.4, -0.2) is 26.2 Å². The van der Waals surface area contributed by atoms with E-state index >= 15 is 0 Å². The van der Waals surface area contributed by atoms with Gasteiger partial charge in [0.25, 0.3) is 0 Å². The van der Waals surface area contributed by atoms with Crippen LogP contribution in [0.25, 0.3) is 6.08 Å². The van der Waals surface area contributed by atoms with Crippen molar-refractivity contribution in [2.45, 2.75) is 11.8 Å². The van der Waals surface area contributed by atoms with Crippen molar-refractivity contribution in [2.24, 2.45) is 5.92 Å². The molecule has 1 aliphatic carbocycles. The standard InChI is InChI=1S/C21H19ClO4/c1-25-19(23)21(20(24)26-2)16(9-8-14-6-4-3-5-7-14)12-15-13-17(22)10-11-18(15)21/h3-11,13,16H,12H2,1-2H3/b9-8+/t16-/m1/s1. The summed E-state index contributed by atoms with van der Waals surface area (Å²) in [6, 6.07) is 14.9. The predicted molar refractivity (Wildman–Crippen MR) is 99.8 cm³/mol. The number of halogens is 1. The molecule has 0 heterocycles. The lowest BCUT2D eigenvalue weighted by atomic mass is 9.74. The van der Waals surface area contributed by atoms with Gasteiger partial charge in [-0.05, 0) is 35.2 Å². The second-order valence-corrected chi connectivity index (χ2v) is 6.61. The number of benzene rings is 2. The van der Waals surface area contributed by atoms with Crippen molar-refractivity contribution in [1.82, 2.24) is 0 Å². The molecule has 2 aromatic rings. The molecule has 134 valence electrons.